The Bertz CT molecular complexity index is 1130. The SMILES string of the molecule is CC1CCCCN1CCCNC(=O)c1cc(-c2ccccc2F)nc2cc(C(C)(C)C)nn12. The number of nitrogens with zero attached hydrogens (tertiary/aromatic N) is 4. The Balaban J connectivity index is 1.58. The lowest BCUT2D eigenvalue weighted by molar-refractivity contribution is 0.0941. The Kier molecular flexibility index (Phi) is 6.79. The van der Waals surface area contributed by atoms with E-state index in [1.165, 1.54) is 25.3 Å². The van der Waals surface area contributed by atoms with Gasteiger partial charge in [-0.3, -0.25) is 4.79 Å². The van der Waals surface area contributed by atoms with E-state index in [1.54, 1.807) is 28.8 Å². The van der Waals surface area contributed by atoms with Crippen LogP contribution in [0, 0.1) is 5.82 Å². The first-order chi connectivity index (χ1) is 15.7. The molecule has 1 saturated heterocycles. The molecule has 0 aliphatic carbocycles. The van der Waals surface area contributed by atoms with E-state index in [4.69, 9.17) is 0 Å². The summed E-state index contributed by atoms with van der Waals surface area (Å²) in [6.45, 7) is 11.2. The number of likely N-dealkylation sites (tertiary alicyclic amines) is 1. The number of fused-ring (bicyclic) bond motifs is 1. The van der Waals surface area contributed by atoms with E-state index in [1.807, 2.05) is 6.07 Å². The third-order valence-corrected chi connectivity index (χ3v) is 6.43. The summed E-state index contributed by atoms with van der Waals surface area (Å²) in [4.78, 5) is 20.3. The Morgan fingerprint density at radius 3 is 2.73 bits per heavy atom. The fourth-order valence-electron chi connectivity index (χ4n) is 4.37. The quantitative estimate of drug-likeness (QED) is 0.546. The Hall–Kier alpha value is -2.80. The molecule has 3 heterocycles. The first kappa shape index (κ1) is 23.4. The number of nitrogens with one attached hydrogen (secondary N) is 1. The van der Waals surface area contributed by atoms with Crippen LogP contribution in [0.4, 0.5) is 4.39 Å². The van der Waals surface area contributed by atoms with E-state index >= 15 is 0 Å². The largest absolute Gasteiger partial charge is 0.351 e. The molecule has 7 heteroatoms. The number of hydrogen-bond acceptors (Lipinski definition) is 4. The van der Waals surface area contributed by atoms with Crippen molar-refractivity contribution in [2.75, 3.05) is 19.6 Å². The number of halogens is 1. The average Bonchev–Trinajstić information content (AvgIpc) is 3.22. The summed E-state index contributed by atoms with van der Waals surface area (Å²) in [7, 11) is 0. The molecule has 1 aliphatic rings. The zero-order chi connectivity index (χ0) is 23.6. The molecule has 1 aromatic carbocycles. The first-order valence-electron chi connectivity index (χ1n) is 11.9. The molecule has 0 saturated carbocycles. The topological polar surface area (TPSA) is 62.5 Å². The number of carbonyl (C=O) groups is 1. The fourth-order valence-corrected chi connectivity index (χ4v) is 4.37. The van der Waals surface area contributed by atoms with Crippen molar-refractivity contribution in [3.63, 3.8) is 0 Å². The summed E-state index contributed by atoms with van der Waals surface area (Å²) in [5.74, 6) is -0.595. The van der Waals surface area contributed by atoms with Crippen molar-refractivity contribution < 1.29 is 9.18 Å². The van der Waals surface area contributed by atoms with Gasteiger partial charge in [0.15, 0.2) is 5.65 Å². The van der Waals surface area contributed by atoms with Gasteiger partial charge >= 0.3 is 0 Å². The molecular weight excluding hydrogens is 417 g/mol. The maximum absolute atomic E-state index is 14.5. The van der Waals surface area contributed by atoms with Gasteiger partial charge in [0.2, 0.25) is 0 Å². The molecule has 176 valence electrons. The van der Waals surface area contributed by atoms with E-state index in [9.17, 15) is 9.18 Å². The molecule has 0 radical (unpaired) electrons. The monoisotopic (exact) mass is 451 g/mol. The molecule has 1 amide bonds. The number of rotatable bonds is 6. The van der Waals surface area contributed by atoms with Gasteiger partial charge in [-0.15, -0.1) is 0 Å². The maximum Gasteiger partial charge on any atom is 0.270 e. The summed E-state index contributed by atoms with van der Waals surface area (Å²) in [5.41, 5.74) is 2.31. The molecule has 1 N–H and O–H groups in total. The zero-order valence-electron chi connectivity index (χ0n) is 20.1. The van der Waals surface area contributed by atoms with Gasteiger partial charge in [-0.2, -0.15) is 5.10 Å². The summed E-state index contributed by atoms with van der Waals surface area (Å²) < 4.78 is 16.1. The molecule has 2 aromatic heterocycles. The highest BCUT2D eigenvalue weighted by Gasteiger charge is 2.23. The van der Waals surface area contributed by atoms with Crippen LogP contribution in [0.2, 0.25) is 0 Å². The predicted molar refractivity (Wildman–Crippen MR) is 129 cm³/mol. The third-order valence-electron chi connectivity index (χ3n) is 6.43. The van der Waals surface area contributed by atoms with Crippen LogP contribution in [0.25, 0.3) is 16.9 Å². The lowest BCUT2D eigenvalue weighted by Crippen LogP contribution is -2.39. The normalized spacial score (nSPS) is 17.4. The molecular formula is C26H34FN5O. The van der Waals surface area contributed by atoms with Crippen LogP contribution in [0.3, 0.4) is 0 Å². The molecule has 1 aliphatic heterocycles. The van der Waals surface area contributed by atoms with E-state index in [0.717, 1.165) is 25.2 Å². The molecule has 1 fully saturated rings. The van der Waals surface area contributed by atoms with Gasteiger partial charge in [0.05, 0.1) is 11.4 Å². The molecule has 6 nitrogen and oxygen atoms in total. The average molecular weight is 452 g/mol. The van der Waals surface area contributed by atoms with Crippen molar-refractivity contribution in [2.45, 2.75) is 64.8 Å². The van der Waals surface area contributed by atoms with Crippen molar-refractivity contribution in [1.82, 2.24) is 24.8 Å². The number of benzene rings is 1. The van der Waals surface area contributed by atoms with E-state index in [0.29, 0.717) is 35.2 Å². The van der Waals surface area contributed by atoms with Crippen molar-refractivity contribution in [3.8, 4) is 11.3 Å². The van der Waals surface area contributed by atoms with Crippen molar-refractivity contribution >= 4 is 11.6 Å². The number of carbonyl (C=O) groups excluding carboxylic acids is 1. The van der Waals surface area contributed by atoms with Gasteiger partial charge in [-0.05, 0) is 50.9 Å². The minimum absolute atomic E-state index is 0.204. The lowest BCUT2D eigenvalue weighted by Gasteiger charge is -2.33. The van der Waals surface area contributed by atoms with Gasteiger partial charge in [-0.25, -0.2) is 13.9 Å². The zero-order valence-corrected chi connectivity index (χ0v) is 20.1. The van der Waals surface area contributed by atoms with E-state index in [2.05, 4.69) is 48.0 Å². The van der Waals surface area contributed by atoms with Crippen LogP contribution in [-0.2, 0) is 5.41 Å². The first-order valence-corrected chi connectivity index (χ1v) is 11.9. The van der Waals surface area contributed by atoms with E-state index < -0.39 is 0 Å². The number of piperidine rings is 1. The van der Waals surface area contributed by atoms with Crippen LogP contribution in [-0.4, -0.2) is 51.1 Å². The number of hydrogen-bond donors (Lipinski definition) is 1. The highest BCUT2D eigenvalue weighted by Crippen LogP contribution is 2.26. The van der Waals surface area contributed by atoms with Crippen molar-refractivity contribution in [2.24, 2.45) is 0 Å². The van der Waals surface area contributed by atoms with Crippen LogP contribution in [0.5, 0.6) is 0 Å². The molecule has 4 rings (SSSR count). The third kappa shape index (κ3) is 5.24. The molecule has 0 spiro atoms. The highest BCUT2D eigenvalue weighted by atomic mass is 19.1. The predicted octanol–water partition coefficient (Wildman–Crippen LogP) is 4.83. The highest BCUT2D eigenvalue weighted by molar-refractivity contribution is 5.94. The minimum Gasteiger partial charge on any atom is -0.351 e. The Labute approximate surface area is 195 Å². The van der Waals surface area contributed by atoms with Gasteiger partial charge < -0.3 is 10.2 Å². The summed E-state index contributed by atoms with van der Waals surface area (Å²) in [6.07, 6.45) is 4.68. The second kappa shape index (κ2) is 9.59. The summed E-state index contributed by atoms with van der Waals surface area (Å²) in [5, 5.41) is 7.70. The molecule has 0 bridgehead atoms. The van der Waals surface area contributed by atoms with Crippen LogP contribution < -0.4 is 5.32 Å². The summed E-state index contributed by atoms with van der Waals surface area (Å²) in [6, 6.07) is 10.6. The van der Waals surface area contributed by atoms with Crippen LogP contribution in [0.1, 0.15) is 69.6 Å². The molecule has 1 atom stereocenters. The van der Waals surface area contributed by atoms with Crippen LogP contribution >= 0.6 is 0 Å². The lowest BCUT2D eigenvalue weighted by atomic mass is 9.93. The molecule has 3 aromatic rings. The Morgan fingerprint density at radius 2 is 2.00 bits per heavy atom. The Morgan fingerprint density at radius 1 is 1.21 bits per heavy atom. The van der Waals surface area contributed by atoms with Gasteiger partial charge in [0, 0.05) is 36.2 Å². The smallest absolute Gasteiger partial charge is 0.270 e. The van der Waals surface area contributed by atoms with Gasteiger partial charge in [0.25, 0.3) is 5.91 Å². The molecule has 33 heavy (non-hydrogen) atoms. The van der Waals surface area contributed by atoms with Gasteiger partial charge in [-0.1, -0.05) is 39.3 Å². The standard InChI is InChI=1S/C26H34FN5O/c1-18-10-7-8-14-31(18)15-9-13-28-25(33)22-16-21(19-11-5-6-12-20(19)27)29-24-17-23(26(2,3)4)30-32(22)24/h5-6,11-12,16-18H,7-10,13-15H2,1-4H3,(H,28,33). The van der Waals surface area contributed by atoms with Gasteiger partial charge in [0.1, 0.15) is 11.5 Å². The number of amides is 1. The minimum atomic E-state index is -0.369. The molecule has 1 unspecified atom stereocenters. The maximum atomic E-state index is 14.5. The van der Waals surface area contributed by atoms with E-state index in [-0.39, 0.29) is 17.1 Å². The number of aromatic nitrogens is 3. The second-order valence-corrected chi connectivity index (χ2v) is 10.0. The van der Waals surface area contributed by atoms with Crippen molar-refractivity contribution in [3.05, 3.63) is 53.6 Å². The van der Waals surface area contributed by atoms with Crippen LogP contribution in [0.15, 0.2) is 36.4 Å². The van der Waals surface area contributed by atoms with Crippen molar-refractivity contribution in [1.29, 1.82) is 0 Å². The summed E-state index contributed by atoms with van der Waals surface area (Å²) >= 11 is 0. The fraction of sp³-hybridized carbons (Fsp3) is 0.500. The second-order valence-electron chi connectivity index (χ2n) is 10.0.